The molecule has 136 valence electrons. The van der Waals surface area contributed by atoms with Crippen molar-refractivity contribution in [2.24, 2.45) is 12.5 Å². The van der Waals surface area contributed by atoms with Gasteiger partial charge in [-0.1, -0.05) is 44.2 Å². The molecule has 2 aromatic rings. The van der Waals surface area contributed by atoms with E-state index in [0.29, 0.717) is 25.2 Å². The van der Waals surface area contributed by atoms with Crippen molar-refractivity contribution < 1.29 is 8.42 Å². The molecule has 1 N–H and O–H groups in total. The maximum absolute atomic E-state index is 12.8. The predicted molar refractivity (Wildman–Crippen MR) is 99.6 cm³/mol. The highest BCUT2D eigenvalue weighted by atomic mass is 32.2. The molecule has 0 unspecified atom stereocenters. The van der Waals surface area contributed by atoms with E-state index in [9.17, 15) is 8.42 Å². The number of hydrogen-bond acceptors (Lipinski definition) is 3. The zero-order valence-corrected chi connectivity index (χ0v) is 15.9. The van der Waals surface area contributed by atoms with E-state index in [2.05, 4.69) is 23.7 Å². The number of anilines is 1. The molecular formula is C18H26N4O2S. The van der Waals surface area contributed by atoms with Crippen molar-refractivity contribution in [3.63, 3.8) is 0 Å². The summed E-state index contributed by atoms with van der Waals surface area (Å²) in [6.07, 6.45) is 3.96. The van der Waals surface area contributed by atoms with Crippen LogP contribution < -0.4 is 4.72 Å². The molecule has 3 rings (SSSR count). The molecular weight excluding hydrogens is 336 g/mol. The Morgan fingerprint density at radius 1 is 1.16 bits per heavy atom. The normalized spacial score (nSPS) is 18.2. The minimum atomic E-state index is -3.56. The summed E-state index contributed by atoms with van der Waals surface area (Å²) < 4.78 is 31.5. The second-order valence-corrected chi connectivity index (χ2v) is 9.13. The molecule has 0 radical (unpaired) electrons. The van der Waals surface area contributed by atoms with E-state index in [1.54, 1.807) is 10.9 Å². The van der Waals surface area contributed by atoms with Gasteiger partial charge in [0.1, 0.15) is 0 Å². The van der Waals surface area contributed by atoms with Crippen LogP contribution in [0.4, 0.5) is 5.69 Å². The van der Waals surface area contributed by atoms with Crippen molar-refractivity contribution in [1.82, 2.24) is 14.1 Å². The Hall–Kier alpha value is -1.86. The molecule has 0 saturated carbocycles. The van der Waals surface area contributed by atoms with Gasteiger partial charge in [-0.05, 0) is 23.8 Å². The van der Waals surface area contributed by atoms with Crippen LogP contribution in [0.2, 0.25) is 0 Å². The molecule has 25 heavy (non-hydrogen) atoms. The van der Waals surface area contributed by atoms with E-state index in [1.165, 1.54) is 4.31 Å². The summed E-state index contributed by atoms with van der Waals surface area (Å²) in [4.78, 5) is 0. The summed E-state index contributed by atoms with van der Waals surface area (Å²) in [6.45, 7) is 5.47. The predicted octanol–water partition coefficient (Wildman–Crippen LogP) is 2.79. The van der Waals surface area contributed by atoms with Crippen molar-refractivity contribution in [2.45, 2.75) is 33.1 Å². The SMILES string of the molecule is Cn1ncc(NS(=O)(=O)N2CCC(C)(C)CC2)c1Cc1ccccc1. The highest BCUT2D eigenvalue weighted by Gasteiger charge is 2.32. The molecule has 1 aliphatic heterocycles. The summed E-state index contributed by atoms with van der Waals surface area (Å²) in [5.41, 5.74) is 2.73. The van der Waals surface area contributed by atoms with Gasteiger partial charge >= 0.3 is 10.2 Å². The lowest BCUT2D eigenvalue weighted by Crippen LogP contribution is -2.43. The van der Waals surface area contributed by atoms with Crippen LogP contribution in [0, 0.1) is 5.41 Å². The van der Waals surface area contributed by atoms with E-state index >= 15 is 0 Å². The molecule has 1 saturated heterocycles. The van der Waals surface area contributed by atoms with E-state index in [0.717, 1.165) is 24.1 Å². The summed E-state index contributed by atoms with van der Waals surface area (Å²) >= 11 is 0. The lowest BCUT2D eigenvalue weighted by molar-refractivity contribution is 0.196. The molecule has 0 amide bonds. The average Bonchev–Trinajstić information content (AvgIpc) is 2.88. The minimum absolute atomic E-state index is 0.207. The Morgan fingerprint density at radius 3 is 2.44 bits per heavy atom. The van der Waals surface area contributed by atoms with Crippen LogP contribution in [0.25, 0.3) is 0 Å². The lowest BCUT2D eigenvalue weighted by atomic mass is 9.83. The van der Waals surface area contributed by atoms with E-state index in [4.69, 9.17) is 0 Å². The Bertz CT molecular complexity index is 818. The number of piperidine rings is 1. The molecule has 0 spiro atoms. The van der Waals surface area contributed by atoms with Crippen molar-refractivity contribution >= 4 is 15.9 Å². The van der Waals surface area contributed by atoms with E-state index in [-0.39, 0.29) is 5.41 Å². The van der Waals surface area contributed by atoms with Crippen LogP contribution in [-0.4, -0.2) is 35.6 Å². The van der Waals surface area contributed by atoms with Crippen LogP contribution >= 0.6 is 0 Å². The standard InChI is InChI=1S/C18H26N4O2S/c1-18(2)9-11-22(12-10-18)25(23,24)20-16-14-19-21(3)17(16)13-15-7-5-4-6-8-15/h4-8,14,20H,9-13H2,1-3H3. The largest absolute Gasteiger partial charge is 0.301 e. The molecule has 0 aliphatic carbocycles. The van der Waals surface area contributed by atoms with Crippen LogP contribution in [0.3, 0.4) is 0 Å². The Balaban J connectivity index is 1.77. The molecule has 7 heteroatoms. The van der Waals surface area contributed by atoms with Crippen molar-refractivity contribution in [3.8, 4) is 0 Å². The molecule has 1 aliphatic rings. The number of nitrogens with one attached hydrogen (secondary N) is 1. The highest BCUT2D eigenvalue weighted by molar-refractivity contribution is 7.90. The van der Waals surface area contributed by atoms with Crippen molar-refractivity contribution in [1.29, 1.82) is 0 Å². The lowest BCUT2D eigenvalue weighted by Gasteiger charge is -2.36. The topological polar surface area (TPSA) is 67.2 Å². The molecule has 0 bridgehead atoms. The zero-order valence-electron chi connectivity index (χ0n) is 15.1. The number of aromatic nitrogens is 2. The Kier molecular flexibility index (Phi) is 4.88. The maximum atomic E-state index is 12.8. The van der Waals surface area contributed by atoms with Gasteiger partial charge < -0.3 is 0 Å². The van der Waals surface area contributed by atoms with Crippen LogP contribution in [-0.2, 0) is 23.7 Å². The summed E-state index contributed by atoms with van der Waals surface area (Å²) in [5.74, 6) is 0. The molecule has 0 atom stereocenters. The van der Waals surface area contributed by atoms with Gasteiger partial charge in [-0.25, -0.2) is 0 Å². The van der Waals surface area contributed by atoms with Gasteiger partial charge in [-0.2, -0.15) is 17.8 Å². The molecule has 1 aromatic carbocycles. The second kappa shape index (κ2) is 6.80. The molecule has 1 fully saturated rings. The van der Waals surface area contributed by atoms with Gasteiger partial charge in [0.25, 0.3) is 0 Å². The second-order valence-electron chi connectivity index (χ2n) is 7.46. The van der Waals surface area contributed by atoms with Gasteiger partial charge in [0.15, 0.2) is 0 Å². The number of aryl methyl sites for hydroxylation is 1. The number of nitrogens with zero attached hydrogens (tertiary/aromatic N) is 3. The first-order valence-electron chi connectivity index (χ1n) is 8.60. The van der Waals surface area contributed by atoms with Crippen LogP contribution in [0.5, 0.6) is 0 Å². The first-order chi connectivity index (χ1) is 11.8. The van der Waals surface area contributed by atoms with Gasteiger partial charge in [-0.15, -0.1) is 0 Å². The number of hydrogen-bond donors (Lipinski definition) is 1. The Labute approximate surface area is 150 Å². The third-order valence-electron chi connectivity index (χ3n) is 4.93. The van der Waals surface area contributed by atoms with Crippen molar-refractivity contribution in [2.75, 3.05) is 17.8 Å². The van der Waals surface area contributed by atoms with Gasteiger partial charge in [0, 0.05) is 26.6 Å². The third-order valence-corrected chi connectivity index (χ3v) is 6.45. The first-order valence-corrected chi connectivity index (χ1v) is 10.0. The summed E-state index contributed by atoms with van der Waals surface area (Å²) in [7, 11) is -1.73. The van der Waals surface area contributed by atoms with E-state index < -0.39 is 10.2 Å². The first kappa shape index (κ1) is 17.9. The fourth-order valence-corrected chi connectivity index (χ4v) is 4.32. The number of benzene rings is 1. The monoisotopic (exact) mass is 362 g/mol. The quantitative estimate of drug-likeness (QED) is 0.889. The number of rotatable bonds is 5. The summed E-state index contributed by atoms with van der Waals surface area (Å²) in [6, 6.07) is 9.97. The fourth-order valence-electron chi connectivity index (χ4n) is 3.08. The van der Waals surface area contributed by atoms with Crippen LogP contribution in [0.15, 0.2) is 36.5 Å². The minimum Gasteiger partial charge on any atom is -0.270 e. The highest BCUT2D eigenvalue weighted by Crippen LogP contribution is 2.31. The molecule has 2 heterocycles. The van der Waals surface area contributed by atoms with E-state index in [1.807, 2.05) is 37.4 Å². The zero-order chi connectivity index (χ0) is 18.1. The average molecular weight is 362 g/mol. The fraction of sp³-hybridized carbons (Fsp3) is 0.500. The summed E-state index contributed by atoms with van der Waals surface area (Å²) in [5, 5.41) is 4.24. The molecule has 1 aromatic heterocycles. The van der Waals surface area contributed by atoms with Gasteiger partial charge in [0.2, 0.25) is 0 Å². The van der Waals surface area contributed by atoms with Crippen LogP contribution in [0.1, 0.15) is 37.9 Å². The van der Waals surface area contributed by atoms with Gasteiger partial charge in [0.05, 0.1) is 17.6 Å². The Morgan fingerprint density at radius 2 is 1.80 bits per heavy atom. The van der Waals surface area contributed by atoms with Crippen molar-refractivity contribution in [3.05, 3.63) is 47.8 Å². The molecule has 6 nitrogen and oxygen atoms in total. The van der Waals surface area contributed by atoms with Gasteiger partial charge in [-0.3, -0.25) is 9.40 Å². The smallest absolute Gasteiger partial charge is 0.270 e. The maximum Gasteiger partial charge on any atom is 0.301 e. The third kappa shape index (κ3) is 4.22.